The third-order valence-corrected chi connectivity index (χ3v) is 5.19. The molecule has 0 bridgehead atoms. The summed E-state index contributed by atoms with van der Waals surface area (Å²) in [6.07, 6.45) is 1.71. The normalized spacial score (nSPS) is 11.1. The van der Waals surface area contributed by atoms with Crippen molar-refractivity contribution in [1.29, 1.82) is 0 Å². The number of carbonyl (C=O) groups is 1. The molecule has 0 atom stereocenters. The summed E-state index contributed by atoms with van der Waals surface area (Å²) < 4.78 is 14.9. The van der Waals surface area contributed by atoms with Gasteiger partial charge in [0.1, 0.15) is 5.82 Å². The molecule has 0 aliphatic heterocycles. The molecule has 5 rings (SSSR count). The number of amides is 1. The first kappa shape index (κ1) is 17.3. The summed E-state index contributed by atoms with van der Waals surface area (Å²) in [5.41, 5.74) is 2.02. The van der Waals surface area contributed by atoms with E-state index >= 15 is 0 Å². The maximum Gasteiger partial charge on any atom is 0.295 e. The first-order valence-electron chi connectivity index (χ1n) is 8.69. The molecule has 0 aliphatic carbocycles. The van der Waals surface area contributed by atoms with Crippen molar-refractivity contribution in [2.45, 2.75) is 0 Å². The van der Waals surface area contributed by atoms with Crippen LogP contribution in [0.25, 0.3) is 27.3 Å². The number of rotatable bonds is 4. The number of fused-ring (bicyclic) bond motifs is 1. The largest absolute Gasteiger partial charge is 0.319 e. The molecule has 7 nitrogen and oxygen atoms in total. The minimum absolute atomic E-state index is 0.0161. The van der Waals surface area contributed by atoms with Gasteiger partial charge >= 0.3 is 0 Å². The highest BCUT2D eigenvalue weighted by molar-refractivity contribution is 7.13. The van der Waals surface area contributed by atoms with Gasteiger partial charge in [0.15, 0.2) is 5.82 Å². The molecule has 3 heterocycles. The number of benzene rings is 2. The van der Waals surface area contributed by atoms with E-state index in [4.69, 9.17) is 0 Å². The number of hydrogen-bond acceptors (Lipinski definition) is 5. The molecule has 0 radical (unpaired) electrons. The summed E-state index contributed by atoms with van der Waals surface area (Å²) >= 11 is 1.48. The second-order valence-electron chi connectivity index (χ2n) is 6.25. The van der Waals surface area contributed by atoms with Crippen molar-refractivity contribution >= 4 is 33.8 Å². The van der Waals surface area contributed by atoms with Crippen LogP contribution in [0, 0.1) is 5.82 Å². The molecule has 0 fully saturated rings. The van der Waals surface area contributed by atoms with E-state index in [9.17, 15) is 9.18 Å². The van der Waals surface area contributed by atoms with E-state index in [1.807, 2.05) is 23.6 Å². The lowest BCUT2D eigenvalue weighted by molar-refractivity contribution is 0.101. The third-order valence-electron chi connectivity index (χ3n) is 4.32. The van der Waals surface area contributed by atoms with Gasteiger partial charge in [0.2, 0.25) is 5.82 Å². The van der Waals surface area contributed by atoms with E-state index in [1.165, 1.54) is 28.2 Å². The van der Waals surface area contributed by atoms with E-state index in [2.05, 4.69) is 25.6 Å². The van der Waals surface area contributed by atoms with Crippen LogP contribution in [-0.2, 0) is 0 Å². The summed E-state index contributed by atoms with van der Waals surface area (Å²) in [5.74, 6) is -0.260. The Morgan fingerprint density at radius 2 is 2.00 bits per heavy atom. The number of nitrogens with one attached hydrogen (secondary N) is 2. The zero-order valence-electron chi connectivity index (χ0n) is 14.8. The molecule has 0 spiro atoms. The van der Waals surface area contributed by atoms with Crippen molar-refractivity contribution in [3.63, 3.8) is 0 Å². The molecule has 0 saturated heterocycles. The van der Waals surface area contributed by atoms with E-state index in [-0.39, 0.29) is 11.6 Å². The lowest BCUT2D eigenvalue weighted by atomic mass is 10.2. The minimum Gasteiger partial charge on any atom is -0.319 e. The number of carbonyl (C=O) groups excluding carboxylic acids is 1. The van der Waals surface area contributed by atoms with Crippen LogP contribution in [0.1, 0.15) is 10.6 Å². The highest BCUT2D eigenvalue weighted by Crippen LogP contribution is 2.26. The van der Waals surface area contributed by atoms with Crippen LogP contribution in [-0.4, -0.2) is 30.9 Å². The summed E-state index contributed by atoms with van der Waals surface area (Å²) in [7, 11) is 0. The van der Waals surface area contributed by atoms with Crippen LogP contribution in [0.5, 0.6) is 0 Å². The highest BCUT2D eigenvalue weighted by Gasteiger charge is 2.19. The fraction of sp³-hybridized carbons (Fsp3) is 0. The van der Waals surface area contributed by atoms with Crippen molar-refractivity contribution in [1.82, 2.24) is 25.0 Å². The monoisotopic (exact) mass is 404 g/mol. The molecular weight excluding hydrogens is 391 g/mol. The van der Waals surface area contributed by atoms with Crippen molar-refractivity contribution in [2.24, 2.45) is 0 Å². The summed E-state index contributed by atoms with van der Waals surface area (Å²) in [6, 6.07) is 15.1. The SMILES string of the molecule is O=C(Nc1ccc2cn[nH]c2c1)c1nc(-c2cccs2)n(-c2ccc(F)cc2)n1. The smallest absolute Gasteiger partial charge is 0.295 e. The van der Waals surface area contributed by atoms with Crippen LogP contribution in [0.3, 0.4) is 0 Å². The molecule has 0 aliphatic rings. The molecule has 1 amide bonds. The Labute approximate surface area is 167 Å². The van der Waals surface area contributed by atoms with Crippen LogP contribution in [0.4, 0.5) is 10.1 Å². The van der Waals surface area contributed by atoms with Crippen LogP contribution in [0.15, 0.2) is 66.2 Å². The lowest BCUT2D eigenvalue weighted by Crippen LogP contribution is -2.14. The number of anilines is 1. The van der Waals surface area contributed by atoms with Crippen LogP contribution >= 0.6 is 11.3 Å². The van der Waals surface area contributed by atoms with Crippen molar-refractivity contribution in [3.8, 4) is 16.4 Å². The number of aromatic amines is 1. The Bertz CT molecular complexity index is 1310. The Hall–Kier alpha value is -3.85. The predicted octanol–water partition coefficient (Wildman–Crippen LogP) is 4.26. The lowest BCUT2D eigenvalue weighted by Gasteiger charge is -2.04. The minimum atomic E-state index is -0.442. The van der Waals surface area contributed by atoms with Gasteiger partial charge in [-0.3, -0.25) is 9.89 Å². The fourth-order valence-electron chi connectivity index (χ4n) is 2.94. The summed E-state index contributed by atoms with van der Waals surface area (Å²) in [6.45, 7) is 0. The Morgan fingerprint density at radius 1 is 1.14 bits per heavy atom. The maximum atomic E-state index is 13.3. The molecule has 142 valence electrons. The zero-order valence-corrected chi connectivity index (χ0v) is 15.7. The van der Waals surface area contributed by atoms with E-state index in [0.29, 0.717) is 17.2 Å². The molecule has 9 heteroatoms. The van der Waals surface area contributed by atoms with E-state index in [0.717, 1.165) is 15.8 Å². The van der Waals surface area contributed by atoms with Crippen LogP contribution < -0.4 is 5.32 Å². The molecule has 3 aromatic heterocycles. The van der Waals surface area contributed by atoms with E-state index in [1.54, 1.807) is 30.5 Å². The molecule has 29 heavy (non-hydrogen) atoms. The highest BCUT2D eigenvalue weighted by atomic mass is 32.1. The maximum absolute atomic E-state index is 13.3. The van der Waals surface area contributed by atoms with Crippen LogP contribution in [0.2, 0.25) is 0 Å². The average molecular weight is 404 g/mol. The number of thiophene rings is 1. The first-order valence-corrected chi connectivity index (χ1v) is 9.57. The second-order valence-corrected chi connectivity index (χ2v) is 7.20. The van der Waals surface area contributed by atoms with Gasteiger partial charge in [-0.25, -0.2) is 14.1 Å². The number of hydrogen-bond donors (Lipinski definition) is 2. The summed E-state index contributed by atoms with van der Waals surface area (Å²) in [4.78, 5) is 18.1. The molecular formula is C20H13FN6OS. The number of halogens is 1. The van der Waals surface area contributed by atoms with Crippen molar-refractivity contribution in [3.05, 3.63) is 77.8 Å². The number of H-pyrrole nitrogens is 1. The van der Waals surface area contributed by atoms with Gasteiger partial charge in [-0.2, -0.15) is 5.10 Å². The number of aromatic nitrogens is 5. The third kappa shape index (κ3) is 3.27. The summed E-state index contributed by atoms with van der Waals surface area (Å²) in [5, 5.41) is 16.9. The van der Waals surface area contributed by atoms with Gasteiger partial charge in [-0.05, 0) is 53.9 Å². The first-order chi connectivity index (χ1) is 14.2. The van der Waals surface area contributed by atoms with E-state index < -0.39 is 5.91 Å². The Balaban J connectivity index is 1.51. The van der Waals surface area contributed by atoms with Gasteiger partial charge in [-0.15, -0.1) is 16.4 Å². The average Bonchev–Trinajstić information content (AvgIpc) is 3.47. The van der Waals surface area contributed by atoms with Crippen molar-refractivity contribution < 1.29 is 9.18 Å². The molecule has 0 unspecified atom stereocenters. The molecule has 2 N–H and O–H groups in total. The van der Waals surface area contributed by atoms with Gasteiger partial charge < -0.3 is 5.32 Å². The quantitative estimate of drug-likeness (QED) is 0.468. The van der Waals surface area contributed by atoms with Crippen molar-refractivity contribution in [2.75, 3.05) is 5.32 Å². The second kappa shape index (κ2) is 6.95. The number of nitrogens with zero attached hydrogens (tertiary/aromatic N) is 4. The molecule has 0 saturated carbocycles. The van der Waals surface area contributed by atoms with Gasteiger partial charge in [0, 0.05) is 11.1 Å². The van der Waals surface area contributed by atoms with Gasteiger partial charge in [0.05, 0.1) is 22.3 Å². The molecule has 5 aromatic rings. The van der Waals surface area contributed by atoms with Gasteiger partial charge in [-0.1, -0.05) is 6.07 Å². The molecule has 2 aromatic carbocycles. The Kier molecular flexibility index (Phi) is 4.14. The fourth-order valence-corrected chi connectivity index (χ4v) is 3.64. The predicted molar refractivity (Wildman–Crippen MR) is 109 cm³/mol. The zero-order chi connectivity index (χ0) is 19.8. The van der Waals surface area contributed by atoms with Gasteiger partial charge in [0.25, 0.3) is 5.91 Å². The Morgan fingerprint density at radius 3 is 2.79 bits per heavy atom. The topological polar surface area (TPSA) is 88.5 Å². The standard InChI is InChI=1S/C20H13FN6OS/c21-13-4-7-15(8-5-13)27-19(17-2-1-9-29-17)24-18(26-27)20(28)23-14-6-3-12-11-22-25-16(12)10-14/h1-11H,(H,22,25)(H,23,28).